The molecular formula is C34H37ClF3N7O2. The van der Waals surface area contributed by atoms with E-state index in [1.165, 1.54) is 29.9 Å². The molecule has 0 bridgehead atoms. The summed E-state index contributed by atoms with van der Waals surface area (Å²) in [6.45, 7) is 14.3. The van der Waals surface area contributed by atoms with Crippen LogP contribution < -0.4 is 14.5 Å². The van der Waals surface area contributed by atoms with Crippen LogP contribution in [0.3, 0.4) is 0 Å². The van der Waals surface area contributed by atoms with E-state index in [1.54, 1.807) is 18.2 Å². The molecule has 0 unspecified atom stereocenters. The standard InChI is InChI=1S/C34H37ClF3N7O2/c1-21(36)33(46)45-12-11-44(19-25(45)17-39-2)32-26-9-10-43(29-16-24(31(37)38)15-23-5-4-6-27(35)30(23)29)20-28(26)40-34(41-32)47-14-13-42(3)18-22-7-8-22/h4-6,15-16,22,25,31H,1,7-14,17-20H2,3H3/t25-/m0/s1. The first-order valence-electron chi connectivity index (χ1n) is 15.8. The molecule has 13 heteroatoms. The molecule has 0 radical (unpaired) electrons. The average molecular weight is 668 g/mol. The zero-order valence-corrected chi connectivity index (χ0v) is 27.0. The molecule has 9 nitrogen and oxygen atoms in total. The fourth-order valence-electron chi connectivity index (χ4n) is 6.54. The highest BCUT2D eigenvalue weighted by Crippen LogP contribution is 2.40. The molecule has 1 saturated heterocycles. The van der Waals surface area contributed by atoms with Gasteiger partial charge in [-0.15, -0.1) is 0 Å². The van der Waals surface area contributed by atoms with Crippen molar-refractivity contribution in [1.82, 2.24) is 19.8 Å². The molecule has 1 amide bonds. The lowest BCUT2D eigenvalue weighted by Crippen LogP contribution is -2.57. The third kappa shape index (κ3) is 7.26. The van der Waals surface area contributed by atoms with Gasteiger partial charge in [0.2, 0.25) is 6.54 Å². The van der Waals surface area contributed by atoms with Gasteiger partial charge in [-0.2, -0.15) is 9.97 Å². The summed E-state index contributed by atoms with van der Waals surface area (Å²) in [5.74, 6) is -0.482. The van der Waals surface area contributed by atoms with E-state index < -0.39 is 24.2 Å². The molecule has 2 aromatic carbocycles. The Bertz CT molecular complexity index is 1710. The molecule has 0 spiro atoms. The Balaban J connectivity index is 1.33. The smallest absolute Gasteiger partial charge is 0.318 e. The van der Waals surface area contributed by atoms with Gasteiger partial charge in [0, 0.05) is 61.5 Å². The first kappa shape index (κ1) is 32.8. The van der Waals surface area contributed by atoms with Gasteiger partial charge in [-0.3, -0.25) is 4.79 Å². The van der Waals surface area contributed by atoms with E-state index in [2.05, 4.69) is 23.4 Å². The van der Waals surface area contributed by atoms with Crippen molar-refractivity contribution in [3.63, 3.8) is 0 Å². The molecule has 1 saturated carbocycles. The summed E-state index contributed by atoms with van der Waals surface area (Å²) in [7, 11) is 2.06. The van der Waals surface area contributed by atoms with Gasteiger partial charge in [0.05, 0.1) is 17.3 Å². The van der Waals surface area contributed by atoms with Crippen LogP contribution in [0.25, 0.3) is 15.6 Å². The number of piperazine rings is 1. The van der Waals surface area contributed by atoms with Crippen LogP contribution in [-0.4, -0.2) is 91.2 Å². The molecule has 47 heavy (non-hydrogen) atoms. The molecule has 3 heterocycles. The minimum Gasteiger partial charge on any atom is -0.462 e. The molecule has 3 aliphatic rings. The molecule has 1 atom stereocenters. The molecule has 1 aliphatic carbocycles. The van der Waals surface area contributed by atoms with Crippen LogP contribution in [0, 0.1) is 12.5 Å². The lowest BCUT2D eigenvalue weighted by molar-refractivity contribution is -0.131. The minimum absolute atomic E-state index is 0.00156. The number of carbonyl (C=O) groups excluding carboxylic acids is 1. The van der Waals surface area contributed by atoms with Crippen molar-refractivity contribution in [3.8, 4) is 6.01 Å². The van der Waals surface area contributed by atoms with Gasteiger partial charge in [-0.05, 0) is 55.8 Å². The Morgan fingerprint density at radius 2 is 2.02 bits per heavy atom. The number of halogens is 4. The van der Waals surface area contributed by atoms with Gasteiger partial charge < -0.3 is 29.2 Å². The van der Waals surface area contributed by atoms with Crippen molar-refractivity contribution >= 4 is 39.8 Å². The summed E-state index contributed by atoms with van der Waals surface area (Å²) in [5, 5.41) is 1.80. The zero-order valence-electron chi connectivity index (χ0n) is 26.3. The number of aromatic nitrogens is 2. The predicted octanol–water partition coefficient (Wildman–Crippen LogP) is 5.92. The second-order valence-corrected chi connectivity index (χ2v) is 12.9. The first-order chi connectivity index (χ1) is 22.6. The van der Waals surface area contributed by atoms with Gasteiger partial charge in [0.15, 0.2) is 5.83 Å². The summed E-state index contributed by atoms with van der Waals surface area (Å²) in [6.07, 6.45) is 0.372. The number of anilines is 2. The quantitative estimate of drug-likeness (QED) is 0.186. The van der Waals surface area contributed by atoms with Crippen LogP contribution in [0.15, 0.2) is 42.7 Å². The van der Waals surface area contributed by atoms with Gasteiger partial charge in [0.25, 0.3) is 12.3 Å². The summed E-state index contributed by atoms with van der Waals surface area (Å²) >= 11 is 6.63. The fourth-order valence-corrected chi connectivity index (χ4v) is 6.81. The number of ether oxygens (including phenoxy) is 1. The molecular weight excluding hydrogens is 631 g/mol. The van der Waals surface area contributed by atoms with Crippen LogP contribution in [0.2, 0.25) is 5.02 Å². The van der Waals surface area contributed by atoms with Crippen molar-refractivity contribution in [2.45, 2.75) is 38.3 Å². The number of alkyl halides is 2. The number of hydrogen-bond acceptors (Lipinski definition) is 7. The monoisotopic (exact) mass is 667 g/mol. The number of likely N-dealkylation sites (N-methyl/N-ethyl adjacent to an activating group) is 1. The topological polar surface area (TPSA) is 69.4 Å². The highest BCUT2D eigenvalue weighted by Gasteiger charge is 2.36. The predicted molar refractivity (Wildman–Crippen MR) is 176 cm³/mol. The highest BCUT2D eigenvalue weighted by molar-refractivity contribution is 6.36. The van der Waals surface area contributed by atoms with Gasteiger partial charge in [-0.25, -0.2) is 19.7 Å². The van der Waals surface area contributed by atoms with Crippen molar-refractivity contribution in [2.75, 3.05) is 69.3 Å². The van der Waals surface area contributed by atoms with Crippen molar-refractivity contribution in [2.24, 2.45) is 5.92 Å². The van der Waals surface area contributed by atoms with Crippen LogP contribution in [0.4, 0.5) is 24.7 Å². The maximum atomic E-state index is 14.0. The Labute approximate surface area is 277 Å². The van der Waals surface area contributed by atoms with Gasteiger partial charge in [0.1, 0.15) is 18.5 Å². The fraction of sp³-hybridized carbons (Fsp3) is 0.471. The van der Waals surface area contributed by atoms with Crippen molar-refractivity contribution < 1.29 is 22.7 Å². The van der Waals surface area contributed by atoms with Crippen LogP contribution >= 0.6 is 11.6 Å². The van der Waals surface area contributed by atoms with E-state index in [1.807, 2.05) is 9.80 Å². The number of benzene rings is 2. The van der Waals surface area contributed by atoms with E-state index in [4.69, 9.17) is 32.9 Å². The number of amides is 1. The summed E-state index contributed by atoms with van der Waals surface area (Å²) in [6, 6.07) is 7.90. The molecule has 248 valence electrons. The number of fused-ring (bicyclic) bond motifs is 2. The summed E-state index contributed by atoms with van der Waals surface area (Å²) < 4.78 is 47.9. The van der Waals surface area contributed by atoms with Gasteiger partial charge >= 0.3 is 6.01 Å². The van der Waals surface area contributed by atoms with E-state index in [0.717, 1.165) is 18.0 Å². The van der Waals surface area contributed by atoms with E-state index in [0.29, 0.717) is 72.2 Å². The second-order valence-electron chi connectivity index (χ2n) is 12.5. The van der Waals surface area contributed by atoms with Crippen molar-refractivity contribution in [1.29, 1.82) is 0 Å². The molecule has 2 fully saturated rings. The van der Waals surface area contributed by atoms with Crippen LogP contribution in [0.5, 0.6) is 6.01 Å². The lowest BCUT2D eigenvalue weighted by atomic mass is 9.99. The number of hydrogen-bond donors (Lipinski definition) is 0. The largest absolute Gasteiger partial charge is 0.462 e. The number of nitrogens with zero attached hydrogens (tertiary/aromatic N) is 7. The summed E-state index contributed by atoms with van der Waals surface area (Å²) in [4.78, 5) is 33.3. The average Bonchev–Trinajstić information content (AvgIpc) is 3.87. The number of rotatable bonds is 11. The normalized spacial score (nSPS) is 18.1. The molecule has 2 aliphatic heterocycles. The number of carbonyl (C=O) groups is 1. The molecule has 1 aromatic heterocycles. The molecule has 3 aromatic rings. The van der Waals surface area contributed by atoms with Crippen molar-refractivity contribution in [3.05, 3.63) is 76.0 Å². The van der Waals surface area contributed by atoms with E-state index >= 15 is 0 Å². The summed E-state index contributed by atoms with van der Waals surface area (Å²) in [5.41, 5.74) is 2.10. The van der Waals surface area contributed by atoms with Crippen LogP contribution in [-0.2, 0) is 17.8 Å². The Kier molecular flexibility index (Phi) is 9.75. The third-order valence-electron chi connectivity index (χ3n) is 9.09. The molecule has 6 rings (SSSR count). The Morgan fingerprint density at radius 1 is 1.21 bits per heavy atom. The Hall–Kier alpha value is -4.08. The van der Waals surface area contributed by atoms with E-state index in [-0.39, 0.29) is 31.2 Å². The minimum atomic E-state index is -2.65. The Morgan fingerprint density at radius 3 is 2.74 bits per heavy atom. The first-order valence-corrected chi connectivity index (χ1v) is 16.2. The second kappa shape index (κ2) is 14.0. The SMILES string of the molecule is [C-]#[N+]C[C@H]1CN(c2nc(OCCN(C)CC3CC3)nc3c2CCN(c2cc(C(F)F)cc4cccc(Cl)c24)C3)CCN1C(=O)C(=C)F. The van der Waals surface area contributed by atoms with E-state index in [9.17, 15) is 18.0 Å². The molecule has 0 N–H and O–H groups in total. The van der Waals surface area contributed by atoms with Gasteiger partial charge in [-0.1, -0.05) is 30.3 Å². The highest BCUT2D eigenvalue weighted by atomic mass is 35.5. The van der Waals surface area contributed by atoms with Crippen LogP contribution in [0.1, 0.15) is 36.1 Å². The lowest BCUT2D eigenvalue weighted by Gasteiger charge is -2.41. The maximum Gasteiger partial charge on any atom is 0.318 e. The third-order valence-corrected chi connectivity index (χ3v) is 9.41. The maximum absolute atomic E-state index is 14.0. The zero-order chi connectivity index (χ0) is 33.2.